The lowest BCUT2D eigenvalue weighted by atomic mass is 10.2. The molecule has 3 aromatic rings. The lowest BCUT2D eigenvalue weighted by Crippen LogP contribution is -2.28. The number of hydrogen-bond acceptors (Lipinski definition) is 6. The summed E-state index contributed by atoms with van der Waals surface area (Å²) >= 11 is 5.95. The fourth-order valence-electron chi connectivity index (χ4n) is 2.41. The molecule has 3 N–H and O–H groups in total. The lowest BCUT2D eigenvalue weighted by Gasteiger charge is -2.20. The Hall–Kier alpha value is -2.32. The molecule has 0 aliphatic carbocycles. The number of aromatic hydroxyl groups is 1. The molecular formula is C16H17ClN4O3S. The highest BCUT2D eigenvalue weighted by atomic mass is 35.5. The van der Waals surface area contributed by atoms with Crippen LogP contribution in [0.2, 0.25) is 5.15 Å². The average molecular weight is 381 g/mol. The molecule has 3 rings (SSSR count). The Kier molecular flexibility index (Phi) is 3.92. The first-order valence-corrected chi connectivity index (χ1v) is 9.25. The normalized spacial score (nSPS) is 12.6. The molecule has 0 amide bonds. The number of sulfone groups is 1. The van der Waals surface area contributed by atoms with Gasteiger partial charge in [-0.05, 0) is 32.9 Å². The highest BCUT2D eigenvalue weighted by Crippen LogP contribution is 2.34. The third-order valence-corrected chi connectivity index (χ3v) is 6.50. The summed E-state index contributed by atoms with van der Waals surface area (Å²) in [6.07, 6.45) is 2.91. The van der Waals surface area contributed by atoms with Crippen LogP contribution in [0.3, 0.4) is 0 Å². The largest absolute Gasteiger partial charge is 0.506 e. The number of anilines is 1. The number of pyridine rings is 2. The third-order valence-electron chi connectivity index (χ3n) is 3.80. The van der Waals surface area contributed by atoms with E-state index in [0.29, 0.717) is 16.9 Å². The van der Waals surface area contributed by atoms with E-state index in [1.165, 1.54) is 12.3 Å². The first-order chi connectivity index (χ1) is 11.5. The second-order valence-corrected chi connectivity index (χ2v) is 9.67. The van der Waals surface area contributed by atoms with Crippen LogP contribution in [-0.4, -0.2) is 32.6 Å². The van der Waals surface area contributed by atoms with Crippen LogP contribution in [0.15, 0.2) is 35.5 Å². The van der Waals surface area contributed by atoms with E-state index in [0.717, 1.165) is 0 Å². The van der Waals surface area contributed by atoms with E-state index >= 15 is 0 Å². The van der Waals surface area contributed by atoms with Gasteiger partial charge in [-0.15, -0.1) is 0 Å². The van der Waals surface area contributed by atoms with Crippen LogP contribution >= 0.6 is 11.6 Å². The van der Waals surface area contributed by atoms with Crippen molar-refractivity contribution in [1.29, 1.82) is 0 Å². The maximum atomic E-state index is 12.8. The molecule has 0 aliphatic heterocycles. The maximum Gasteiger partial charge on any atom is 0.188 e. The monoisotopic (exact) mass is 380 g/mol. The maximum absolute atomic E-state index is 12.8. The molecule has 0 bridgehead atoms. The average Bonchev–Trinajstić information content (AvgIpc) is 2.86. The summed E-state index contributed by atoms with van der Waals surface area (Å²) in [5, 5.41) is 10.4. The minimum Gasteiger partial charge on any atom is -0.506 e. The van der Waals surface area contributed by atoms with E-state index in [1.54, 1.807) is 43.5 Å². The number of aromatic nitrogens is 3. The molecular weight excluding hydrogens is 364 g/mol. The number of nitrogen functional groups attached to an aromatic ring is 1. The molecule has 9 heteroatoms. The first kappa shape index (κ1) is 17.5. The van der Waals surface area contributed by atoms with Gasteiger partial charge >= 0.3 is 0 Å². The van der Waals surface area contributed by atoms with Crippen LogP contribution in [0.25, 0.3) is 16.9 Å². The molecule has 3 heterocycles. The summed E-state index contributed by atoms with van der Waals surface area (Å²) in [6, 6.07) is 4.53. The van der Waals surface area contributed by atoms with Crippen molar-refractivity contribution in [3.05, 3.63) is 35.7 Å². The van der Waals surface area contributed by atoms with Gasteiger partial charge in [-0.2, -0.15) is 0 Å². The number of nitrogens with zero attached hydrogens (tertiary/aromatic N) is 3. The molecule has 7 nitrogen and oxygen atoms in total. The van der Waals surface area contributed by atoms with Gasteiger partial charge in [-0.3, -0.25) is 4.40 Å². The second kappa shape index (κ2) is 5.60. The Morgan fingerprint density at radius 2 is 1.92 bits per heavy atom. The van der Waals surface area contributed by atoms with Crippen molar-refractivity contribution in [2.75, 3.05) is 5.73 Å². The first-order valence-electron chi connectivity index (χ1n) is 7.39. The molecule has 0 saturated heterocycles. The van der Waals surface area contributed by atoms with Crippen molar-refractivity contribution in [2.45, 2.75) is 30.4 Å². The van der Waals surface area contributed by atoms with Crippen LogP contribution in [0.1, 0.15) is 20.8 Å². The number of nitrogens with two attached hydrogens (primary N) is 1. The van der Waals surface area contributed by atoms with Gasteiger partial charge < -0.3 is 10.8 Å². The summed E-state index contributed by atoms with van der Waals surface area (Å²) < 4.78 is 26.0. The third kappa shape index (κ3) is 2.91. The SMILES string of the molecule is CC(C)(C)S(=O)(=O)c1cn2c(-c3cc(N)nc(Cl)c3)cnc2cc1O. The van der Waals surface area contributed by atoms with Crippen LogP contribution in [0, 0.1) is 0 Å². The predicted molar refractivity (Wildman–Crippen MR) is 96.4 cm³/mol. The van der Waals surface area contributed by atoms with Crippen molar-refractivity contribution >= 4 is 32.9 Å². The Labute approximate surface area is 150 Å². The Morgan fingerprint density at radius 3 is 2.52 bits per heavy atom. The molecule has 0 saturated carbocycles. The standard InChI is InChI=1S/C16H17ClN4O3S/c1-16(2,3)25(23,24)12-8-21-10(7-19-15(21)6-11(12)22)9-4-13(17)20-14(18)5-9/h4-8,22H,1-3H3,(H2,18,20). The Balaban J connectivity index is 2.30. The lowest BCUT2D eigenvalue weighted by molar-refractivity contribution is 0.455. The minimum absolute atomic E-state index is 0.167. The van der Waals surface area contributed by atoms with Gasteiger partial charge in [0.05, 0.1) is 16.6 Å². The van der Waals surface area contributed by atoms with Crippen molar-refractivity contribution in [1.82, 2.24) is 14.4 Å². The quantitative estimate of drug-likeness (QED) is 0.661. The molecule has 0 spiro atoms. The van der Waals surface area contributed by atoms with E-state index in [1.807, 2.05) is 0 Å². The van der Waals surface area contributed by atoms with Crippen LogP contribution in [0.5, 0.6) is 5.75 Å². The molecule has 0 atom stereocenters. The van der Waals surface area contributed by atoms with E-state index in [-0.39, 0.29) is 21.6 Å². The summed E-state index contributed by atoms with van der Waals surface area (Å²) in [5.74, 6) is -0.106. The molecule has 0 aliphatic rings. The van der Waals surface area contributed by atoms with Gasteiger partial charge in [0, 0.05) is 17.8 Å². The summed E-state index contributed by atoms with van der Waals surface area (Å²) in [4.78, 5) is 7.94. The zero-order valence-corrected chi connectivity index (χ0v) is 15.4. The molecule has 0 radical (unpaired) electrons. The van der Waals surface area contributed by atoms with Crippen LogP contribution < -0.4 is 5.73 Å². The van der Waals surface area contributed by atoms with Gasteiger partial charge in [0.25, 0.3) is 0 Å². The molecule has 0 unspecified atom stereocenters. The Bertz CT molecular complexity index is 1060. The number of hydrogen-bond donors (Lipinski definition) is 2. The zero-order valence-electron chi connectivity index (χ0n) is 13.9. The van der Waals surface area contributed by atoms with Gasteiger partial charge in [0.15, 0.2) is 9.84 Å². The van der Waals surface area contributed by atoms with Gasteiger partial charge in [0.1, 0.15) is 27.3 Å². The van der Waals surface area contributed by atoms with Crippen LogP contribution in [-0.2, 0) is 9.84 Å². The van der Waals surface area contributed by atoms with Crippen LogP contribution in [0.4, 0.5) is 5.82 Å². The topological polar surface area (TPSA) is 111 Å². The summed E-state index contributed by atoms with van der Waals surface area (Å²) in [6.45, 7) is 4.72. The summed E-state index contributed by atoms with van der Waals surface area (Å²) in [5.41, 5.74) is 7.34. The second-order valence-electron chi connectivity index (χ2n) is 6.61. The zero-order chi connectivity index (χ0) is 18.6. The molecule has 132 valence electrons. The molecule has 0 aromatic carbocycles. The number of imidazole rings is 1. The van der Waals surface area contributed by atoms with Crippen molar-refractivity contribution in [3.8, 4) is 17.0 Å². The molecule has 3 aromatic heterocycles. The van der Waals surface area contributed by atoms with Crippen molar-refractivity contribution < 1.29 is 13.5 Å². The van der Waals surface area contributed by atoms with Crippen molar-refractivity contribution in [3.63, 3.8) is 0 Å². The molecule has 0 fully saturated rings. The smallest absolute Gasteiger partial charge is 0.188 e. The predicted octanol–water partition coefficient (Wildman–Crippen LogP) is 2.91. The fraction of sp³-hybridized carbons (Fsp3) is 0.250. The van der Waals surface area contributed by atoms with E-state index in [9.17, 15) is 13.5 Å². The van der Waals surface area contributed by atoms with Gasteiger partial charge in [0.2, 0.25) is 0 Å². The number of halogens is 1. The Morgan fingerprint density at radius 1 is 1.24 bits per heavy atom. The van der Waals surface area contributed by atoms with E-state index in [2.05, 4.69) is 9.97 Å². The number of rotatable bonds is 2. The van der Waals surface area contributed by atoms with E-state index < -0.39 is 14.6 Å². The van der Waals surface area contributed by atoms with Crippen molar-refractivity contribution in [2.24, 2.45) is 0 Å². The fourth-order valence-corrected chi connectivity index (χ4v) is 3.86. The summed E-state index contributed by atoms with van der Waals surface area (Å²) in [7, 11) is -3.75. The van der Waals surface area contributed by atoms with E-state index in [4.69, 9.17) is 17.3 Å². The number of fused-ring (bicyclic) bond motifs is 1. The van der Waals surface area contributed by atoms with Gasteiger partial charge in [-0.1, -0.05) is 11.6 Å². The highest BCUT2D eigenvalue weighted by molar-refractivity contribution is 7.92. The minimum atomic E-state index is -3.75. The van der Waals surface area contributed by atoms with Gasteiger partial charge in [-0.25, -0.2) is 18.4 Å². The highest BCUT2D eigenvalue weighted by Gasteiger charge is 2.34. The molecule has 25 heavy (non-hydrogen) atoms.